The fourth-order valence-corrected chi connectivity index (χ4v) is 4.06. The summed E-state index contributed by atoms with van der Waals surface area (Å²) in [6.45, 7) is 5.17. The monoisotopic (exact) mass is 454 g/mol. The molecule has 2 aromatic rings. The van der Waals surface area contributed by atoms with E-state index in [9.17, 15) is 19.5 Å². The molecule has 8 heteroatoms. The Morgan fingerprint density at radius 1 is 0.909 bits per heavy atom. The Morgan fingerprint density at radius 2 is 1.45 bits per heavy atom. The van der Waals surface area contributed by atoms with E-state index in [0.29, 0.717) is 0 Å². The molecule has 2 aromatic carbocycles. The molecule has 0 saturated heterocycles. The third-order valence-corrected chi connectivity index (χ3v) is 5.97. The molecule has 33 heavy (non-hydrogen) atoms. The molecular formula is C25H30N2O6. The molecule has 0 saturated carbocycles. The quantitative estimate of drug-likeness (QED) is 0.536. The minimum absolute atomic E-state index is 0.103. The first-order valence-corrected chi connectivity index (χ1v) is 10.9. The van der Waals surface area contributed by atoms with Crippen molar-refractivity contribution < 1.29 is 29.0 Å². The number of carbonyl (C=O) groups is 3. The van der Waals surface area contributed by atoms with Crippen molar-refractivity contribution >= 4 is 18.0 Å². The molecule has 0 spiro atoms. The van der Waals surface area contributed by atoms with Gasteiger partial charge in [0.1, 0.15) is 12.6 Å². The molecule has 3 atom stereocenters. The van der Waals surface area contributed by atoms with Gasteiger partial charge in [0.25, 0.3) is 0 Å². The maximum atomic E-state index is 12.7. The Balaban J connectivity index is 1.66. The standard InChI is InChI=1S/C25H30N2O6/c1-14(2)21(23(28)26-22(24(29)30)15(3)32-4)27-25(31)33-13-20-18-11-7-5-9-16(18)17-10-6-8-12-19(17)20/h5-12,14-15,20-22H,13H2,1-4H3,(H,26,28)(H,27,31)(H,29,30)/t15?,21-,22?/m0/s1. The summed E-state index contributed by atoms with van der Waals surface area (Å²) in [7, 11) is 1.36. The molecule has 0 aromatic heterocycles. The Morgan fingerprint density at radius 3 is 1.94 bits per heavy atom. The van der Waals surface area contributed by atoms with Crippen LogP contribution in [0.2, 0.25) is 0 Å². The predicted octanol–water partition coefficient (Wildman–Crippen LogP) is 3.15. The smallest absolute Gasteiger partial charge is 0.407 e. The molecule has 1 aliphatic carbocycles. The zero-order chi connectivity index (χ0) is 24.1. The predicted molar refractivity (Wildman–Crippen MR) is 123 cm³/mol. The van der Waals surface area contributed by atoms with Gasteiger partial charge in [-0.2, -0.15) is 0 Å². The van der Waals surface area contributed by atoms with Crippen molar-refractivity contribution in [2.75, 3.05) is 13.7 Å². The van der Waals surface area contributed by atoms with Crippen LogP contribution >= 0.6 is 0 Å². The van der Waals surface area contributed by atoms with E-state index in [1.54, 1.807) is 20.8 Å². The lowest BCUT2D eigenvalue weighted by Crippen LogP contribution is -2.56. The summed E-state index contributed by atoms with van der Waals surface area (Å²) in [5, 5.41) is 14.4. The molecule has 0 radical (unpaired) electrons. The third kappa shape index (κ3) is 5.34. The number of carboxylic acids is 1. The first kappa shape index (κ1) is 24.3. The first-order valence-electron chi connectivity index (χ1n) is 10.9. The van der Waals surface area contributed by atoms with Crippen molar-refractivity contribution in [1.29, 1.82) is 0 Å². The number of hydrogen-bond acceptors (Lipinski definition) is 5. The number of carbonyl (C=O) groups excluding carboxylic acids is 2. The van der Waals surface area contributed by atoms with Gasteiger partial charge in [0.05, 0.1) is 6.10 Å². The molecule has 1 aliphatic rings. The summed E-state index contributed by atoms with van der Waals surface area (Å²) in [6.07, 6.45) is -1.48. The molecule has 0 bridgehead atoms. The van der Waals surface area contributed by atoms with Gasteiger partial charge in [0, 0.05) is 13.0 Å². The topological polar surface area (TPSA) is 114 Å². The Kier molecular flexibility index (Phi) is 7.71. The molecular weight excluding hydrogens is 424 g/mol. The van der Waals surface area contributed by atoms with Crippen LogP contribution in [0.5, 0.6) is 0 Å². The van der Waals surface area contributed by atoms with E-state index in [4.69, 9.17) is 9.47 Å². The lowest BCUT2D eigenvalue weighted by atomic mass is 9.98. The van der Waals surface area contributed by atoms with Crippen LogP contribution in [0.3, 0.4) is 0 Å². The third-order valence-electron chi connectivity index (χ3n) is 5.97. The van der Waals surface area contributed by atoms with Crippen molar-refractivity contribution in [3.8, 4) is 11.1 Å². The normalized spacial score (nSPS) is 15.2. The van der Waals surface area contributed by atoms with Gasteiger partial charge in [-0.25, -0.2) is 9.59 Å². The van der Waals surface area contributed by atoms with E-state index in [1.807, 2.05) is 48.5 Å². The zero-order valence-electron chi connectivity index (χ0n) is 19.2. The highest BCUT2D eigenvalue weighted by atomic mass is 16.5. The number of benzene rings is 2. The van der Waals surface area contributed by atoms with Crippen molar-refractivity contribution in [2.45, 2.75) is 44.9 Å². The second-order valence-corrected chi connectivity index (χ2v) is 8.46. The molecule has 0 heterocycles. The average Bonchev–Trinajstić information content (AvgIpc) is 3.12. The second-order valence-electron chi connectivity index (χ2n) is 8.46. The van der Waals surface area contributed by atoms with Crippen LogP contribution in [-0.2, 0) is 19.1 Å². The van der Waals surface area contributed by atoms with E-state index in [-0.39, 0.29) is 18.4 Å². The summed E-state index contributed by atoms with van der Waals surface area (Å²) in [5.74, 6) is -2.23. The van der Waals surface area contributed by atoms with Gasteiger partial charge >= 0.3 is 12.1 Å². The van der Waals surface area contributed by atoms with Crippen LogP contribution < -0.4 is 10.6 Å². The molecule has 0 aliphatic heterocycles. The molecule has 2 amide bonds. The number of hydrogen-bond donors (Lipinski definition) is 3. The van der Waals surface area contributed by atoms with Crippen LogP contribution in [0.4, 0.5) is 4.79 Å². The van der Waals surface area contributed by atoms with Crippen LogP contribution in [0, 0.1) is 5.92 Å². The number of rotatable bonds is 9. The minimum Gasteiger partial charge on any atom is -0.480 e. The molecule has 3 N–H and O–H groups in total. The maximum Gasteiger partial charge on any atom is 0.407 e. The van der Waals surface area contributed by atoms with Gasteiger partial charge in [0.15, 0.2) is 6.04 Å². The van der Waals surface area contributed by atoms with E-state index < -0.39 is 36.2 Å². The van der Waals surface area contributed by atoms with Crippen molar-refractivity contribution in [2.24, 2.45) is 5.92 Å². The summed E-state index contributed by atoms with van der Waals surface area (Å²) in [6, 6.07) is 13.8. The molecule has 176 valence electrons. The van der Waals surface area contributed by atoms with Crippen molar-refractivity contribution in [3.63, 3.8) is 0 Å². The SMILES string of the molecule is COC(C)C(NC(=O)[C@@H](NC(=O)OCC1c2ccccc2-c2ccccc21)C(C)C)C(=O)O. The van der Waals surface area contributed by atoms with Crippen LogP contribution in [0.25, 0.3) is 11.1 Å². The number of aliphatic carboxylic acids is 1. The van der Waals surface area contributed by atoms with Crippen LogP contribution in [-0.4, -0.2) is 55.0 Å². The number of nitrogens with one attached hydrogen (secondary N) is 2. The van der Waals surface area contributed by atoms with E-state index >= 15 is 0 Å². The number of ether oxygens (including phenoxy) is 2. The number of methoxy groups -OCH3 is 1. The summed E-state index contributed by atoms with van der Waals surface area (Å²) in [5.41, 5.74) is 4.41. The maximum absolute atomic E-state index is 12.7. The van der Waals surface area contributed by atoms with Gasteiger partial charge in [-0.05, 0) is 35.1 Å². The van der Waals surface area contributed by atoms with Gasteiger partial charge in [-0.1, -0.05) is 62.4 Å². The summed E-state index contributed by atoms with van der Waals surface area (Å²) in [4.78, 5) is 36.8. The fourth-order valence-electron chi connectivity index (χ4n) is 4.06. The Labute approximate surface area is 193 Å². The lowest BCUT2D eigenvalue weighted by molar-refractivity contribution is -0.146. The van der Waals surface area contributed by atoms with E-state index in [2.05, 4.69) is 10.6 Å². The minimum atomic E-state index is -1.24. The molecule has 0 fully saturated rings. The average molecular weight is 455 g/mol. The van der Waals surface area contributed by atoms with E-state index in [0.717, 1.165) is 22.3 Å². The fraction of sp³-hybridized carbons (Fsp3) is 0.400. The largest absolute Gasteiger partial charge is 0.480 e. The Hall–Kier alpha value is -3.39. The summed E-state index contributed by atoms with van der Waals surface area (Å²) < 4.78 is 10.6. The first-order chi connectivity index (χ1) is 15.7. The summed E-state index contributed by atoms with van der Waals surface area (Å²) >= 11 is 0. The van der Waals surface area contributed by atoms with Gasteiger partial charge in [0.2, 0.25) is 5.91 Å². The highest BCUT2D eigenvalue weighted by molar-refractivity contribution is 5.89. The number of fused-ring (bicyclic) bond motifs is 3. The van der Waals surface area contributed by atoms with Crippen molar-refractivity contribution in [3.05, 3.63) is 59.7 Å². The lowest BCUT2D eigenvalue weighted by Gasteiger charge is -2.26. The van der Waals surface area contributed by atoms with Gasteiger partial charge in [-0.3, -0.25) is 4.79 Å². The molecule has 2 unspecified atom stereocenters. The Bertz CT molecular complexity index is 976. The zero-order valence-corrected chi connectivity index (χ0v) is 19.2. The van der Waals surface area contributed by atoms with Crippen LogP contribution in [0.1, 0.15) is 37.8 Å². The second kappa shape index (κ2) is 10.5. The molecule has 8 nitrogen and oxygen atoms in total. The van der Waals surface area contributed by atoms with Crippen LogP contribution in [0.15, 0.2) is 48.5 Å². The molecule has 3 rings (SSSR count). The highest BCUT2D eigenvalue weighted by Gasteiger charge is 2.33. The van der Waals surface area contributed by atoms with Gasteiger partial charge < -0.3 is 25.2 Å². The van der Waals surface area contributed by atoms with Crippen molar-refractivity contribution in [1.82, 2.24) is 10.6 Å². The van der Waals surface area contributed by atoms with Gasteiger partial charge in [-0.15, -0.1) is 0 Å². The van der Waals surface area contributed by atoms with E-state index in [1.165, 1.54) is 7.11 Å². The number of amides is 2. The number of alkyl carbamates (subject to hydrolysis) is 1. The number of carboxylic acid groups (broad SMARTS) is 1. The highest BCUT2D eigenvalue weighted by Crippen LogP contribution is 2.44.